The number of hydrogen-bond donors (Lipinski definition) is 0. The van der Waals surface area contributed by atoms with Gasteiger partial charge in [0.25, 0.3) is 0 Å². The number of nitrogens with zero attached hydrogens (tertiary/aromatic N) is 3. The maximum Gasteiger partial charge on any atom is 0.160 e. The summed E-state index contributed by atoms with van der Waals surface area (Å²) in [4.78, 5) is 14.5. The fraction of sp³-hybridized carbons (Fsp3) is 0.0465. The van der Waals surface area contributed by atoms with Crippen molar-refractivity contribution < 1.29 is 0 Å². The molecule has 0 saturated carbocycles. The van der Waals surface area contributed by atoms with Crippen molar-refractivity contribution in [2.24, 2.45) is 4.99 Å². The number of allylic oxidation sites excluding steroid dienone is 1. The van der Waals surface area contributed by atoms with Crippen LogP contribution in [0.3, 0.4) is 0 Å². The van der Waals surface area contributed by atoms with Crippen LogP contribution in [0.4, 0.5) is 0 Å². The van der Waals surface area contributed by atoms with Crippen LogP contribution < -0.4 is 0 Å². The molecule has 1 aliphatic heterocycles. The highest BCUT2D eigenvalue weighted by molar-refractivity contribution is 5.96. The van der Waals surface area contributed by atoms with Gasteiger partial charge in [-0.25, -0.2) is 9.97 Å². The third kappa shape index (κ3) is 5.55. The molecule has 218 valence electrons. The van der Waals surface area contributed by atoms with Gasteiger partial charge in [0.2, 0.25) is 0 Å². The quantitative estimate of drug-likeness (QED) is 0.193. The van der Waals surface area contributed by atoms with E-state index >= 15 is 0 Å². The zero-order valence-electron chi connectivity index (χ0n) is 25.3. The molecule has 2 heterocycles. The van der Waals surface area contributed by atoms with E-state index in [0.717, 1.165) is 34.5 Å². The zero-order chi connectivity index (χ0) is 30.7. The van der Waals surface area contributed by atoms with Crippen molar-refractivity contribution in [2.75, 3.05) is 0 Å². The molecule has 1 aliphatic rings. The average Bonchev–Trinajstić information content (AvgIpc) is 3.15. The Balaban J connectivity index is 1.18. The fourth-order valence-electron chi connectivity index (χ4n) is 6.22. The van der Waals surface area contributed by atoms with Gasteiger partial charge < -0.3 is 0 Å². The first-order chi connectivity index (χ1) is 22.8. The van der Waals surface area contributed by atoms with Gasteiger partial charge in [-0.15, -0.1) is 0 Å². The van der Waals surface area contributed by atoms with E-state index in [1.165, 1.54) is 38.6 Å². The Morgan fingerprint density at radius 3 is 1.78 bits per heavy atom. The lowest BCUT2D eigenvalue weighted by Crippen LogP contribution is -2.01. The highest BCUT2D eigenvalue weighted by Gasteiger charge is 2.14. The van der Waals surface area contributed by atoms with Gasteiger partial charge in [-0.3, -0.25) is 4.99 Å². The van der Waals surface area contributed by atoms with E-state index in [9.17, 15) is 0 Å². The van der Waals surface area contributed by atoms with Crippen LogP contribution in [0.5, 0.6) is 0 Å². The lowest BCUT2D eigenvalue weighted by molar-refractivity contribution is 0.909. The number of aromatic nitrogens is 2. The van der Waals surface area contributed by atoms with Gasteiger partial charge in [-0.2, -0.15) is 0 Å². The largest absolute Gasteiger partial charge is 0.269 e. The summed E-state index contributed by atoms with van der Waals surface area (Å²) < 4.78 is 0. The molecule has 8 rings (SSSR count). The molecule has 6 aromatic carbocycles. The van der Waals surface area contributed by atoms with Gasteiger partial charge in [-0.05, 0) is 51.1 Å². The lowest BCUT2D eigenvalue weighted by atomic mass is 9.94. The Labute approximate surface area is 269 Å². The van der Waals surface area contributed by atoms with Crippen LogP contribution in [0.2, 0.25) is 0 Å². The smallest absolute Gasteiger partial charge is 0.160 e. The molecule has 0 N–H and O–H groups in total. The molecule has 3 heteroatoms. The number of benzene rings is 6. The standard InChI is InChI=1S/C43H31N3/c1-2-8-30(9-3-1)31-17-25-37(26-18-31)43-45-41(35-21-15-32(16-22-35)38-12-7-27-44-29-38)28-42(46-43)36-23-19-34(20-24-36)40-14-6-11-33-10-4-5-13-39(33)40/h1-11,13-29,38H,12H2. The van der Waals surface area contributed by atoms with E-state index in [4.69, 9.17) is 9.97 Å². The summed E-state index contributed by atoms with van der Waals surface area (Å²) in [6.45, 7) is 0. The van der Waals surface area contributed by atoms with Crippen LogP contribution in [-0.2, 0) is 0 Å². The summed E-state index contributed by atoms with van der Waals surface area (Å²) in [5, 5.41) is 2.49. The molecule has 0 fully saturated rings. The Hall–Kier alpha value is -5.93. The Bertz CT molecular complexity index is 2190. The molecule has 1 unspecified atom stereocenters. The van der Waals surface area contributed by atoms with Crippen molar-refractivity contribution in [3.63, 3.8) is 0 Å². The third-order valence-corrected chi connectivity index (χ3v) is 8.74. The van der Waals surface area contributed by atoms with Crippen LogP contribution in [0.15, 0.2) is 169 Å². The fourth-order valence-corrected chi connectivity index (χ4v) is 6.22. The third-order valence-electron chi connectivity index (χ3n) is 8.74. The number of aliphatic imine (C=N–C) groups is 1. The van der Waals surface area contributed by atoms with Crippen LogP contribution in [-0.4, -0.2) is 16.2 Å². The predicted octanol–water partition coefficient (Wildman–Crippen LogP) is 11.0. The Kier molecular flexibility index (Phi) is 7.33. The predicted molar refractivity (Wildman–Crippen MR) is 192 cm³/mol. The second-order valence-corrected chi connectivity index (χ2v) is 11.7. The van der Waals surface area contributed by atoms with Gasteiger partial charge in [0.1, 0.15) is 0 Å². The molecule has 1 atom stereocenters. The molecule has 0 bridgehead atoms. The SMILES string of the molecule is C1=CN=CC(c2ccc(-c3cc(-c4ccc(-c5cccc6ccccc56)cc4)nc(-c4ccc(-c5ccccc5)cc4)n3)cc2)C1. The first-order valence-corrected chi connectivity index (χ1v) is 15.7. The monoisotopic (exact) mass is 589 g/mol. The average molecular weight is 590 g/mol. The lowest BCUT2D eigenvalue weighted by Gasteiger charge is -2.14. The molecule has 0 spiro atoms. The molecule has 0 radical (unpaired) electrons. The molecule has 0 amide bonds. The normalized spacial score (nSPS) is 14.0. The first-order valence-electron chi connectivity index (χ1n) is 15.7. The van der Waals surface area contributed by atoms with Crippen LogP contribution in [0.25, 0.3) is 66.9 Å². The van der Waals surface area contributed by atoms with Gasteiger partial charge in [-0.1, -0.05) is 152 Å². The second-order valence-electron chi connectivity index (χ2n) is 11.7. The minimum atomic E-state index is 0.305. The molecular weight excluding hydrogens is 558 g/mol. The highest BCUT2D eigenvalue weighted by Crippen LogP contribution is 2.33. The maximum atomic E-state index is 5.11. The summed E-state index contributed by atoms with van der Waals surface area (Å²) >= 11 is 0. The molecule has 3 nitrogen and oxygen atoms in total. The summed E-state index contributed by atoms with van der Waals surface area (Å²) in [6.07, 6.45) is 6.99. The van der Waals surface area contributed by atoms with Gasteiger partial charge in [0, 0.05) is 35.0 Å². The molecule has 46 heavy (non-hydrogen) atoms. The molecule has 0 saturated heterocycles. The van der Waals surface area contributed by atoms with E-state index in [1.807, 2.05) is 18.5 Å². The van der Waals surface area contributed by atoms with Crippen LogP contribution >= 0.6 is 0 Å². The number of hydrogen-bond acceptors (Lipinski definition) is 3. The molecule has 1 aromatic heterocycles. The Morgan fingerprint density at radius 1 is 0.478 bits per heavy atom. The molecular formula is C43H31N3. The number of fused-ring (bicyclic) bond motifs is 1. The zero-order valence-corrected chi connectivity index (χ0v) is 25.3. The van der Waals surface area contributed by atoms with Gasteiger partial charge >= 0.3 is 0 Å². The van der Waals surface area contributed by atoms with Crippen molar-refractivity contribution in [2.45, 2.75) is 12.3 Å². The van der Waals surface area contributed by atoms with Crippen molar-refractivity contribution in [3.8, 4) is 56.2 Å². The van der Waals surface area contributed by atoms with Crippen molar-refractivity contribution in [3.05, 3.63) is 169 Å². The van der Waals surface area contributed by atoms with E-state index in [0.29, 0.717) is 11.7 Å². The van der Waals surface area contributed by atoms with E-state index < -0.39 is 0 Å². The minimum Gasteiger partial charge on any atom is -0.269 e. The van der Waals surface area contributed by atoms with Crippen LogP contribution in [0.1, 0.15) is 17.9 Å². The van der Waals surface area contributed by atoms with Crippen molar-refractivity contribution >= 4 is 17.0 Å². The second kappa shape index (κ2) is 12.2. The maximum absolute atomic E-state index is 5.11. The highest BCUT2D eigenvalue weighted by atomic mass is 14.9. The molecule has 0 aliphatic carbocycles. The number of rotatable bonds is 6. The van der Waals surface area contributed by atoms with Gasteiger partial charge in [0.05, 0.1) is 11.4 Å². The first kappa shape index (κ1) is 27.6. The summed E-state index contributed by atoms with van der Waals surface area (Å²) in [6, 6.07) is 53.5. The van der Waals surface area contributed by atoms with Crippen molar-refractivity contribution in [1.29, 1.82) is 0 Å². The summed E-state index contributed by atoms with van der Waals surface area (Å²) in [7, 11) is 0. The Morgan fingerprint density at radius 2 is 1.07 bits per heavy atom. The van der Waals surface area contributed by atoms with E-state index in [-0.39, 0.29) is 0 Å². The van der Waals surface area contributed by atoms with E-state index in [1.54, 1.807) is 0 Å². The minimum absolute atomic E-state index is 0.305. The summed E-state index contributed by atoms with van der Waals surface area (Å²) in [5.41, 5.74) is 10.9. The van der Waals surface area contributed by atoms with Crippen LogP contribution in [0, 0.1) is 0 Å². The van der Waals surface area contributed by atoms with E-state index in [2.05, 4.69) is 157 Å². The van der Waals surface area contributed by atoms with Gasteiger partial charge in [0.15, 0.2) is 5.82 Å². The summed E-state index contributed by atoms with van der Waals surface area (Å²) in [5.74, 6) is 1.01. The topological polar surface area (TPSA) is 38.1 Å². The molecule has 7 aromatic rings. The van der Waals surface area contributed by atoms with Crippen molar-refractivity contribution in [1.82, 2.24) is 9.97 Å².